The third-order valence-corrected chi connectivity index (χ3v) is 6.85. The lowest BCUT2D eigenvalue weighted by molar-refractivity contribution is 0.0948. The van der Waals surface area contributed by atoms with Crippen LogP contribution in [0, 0.1) is 6.92 Å². The Hall–Kier alpha value is -2.71. The molecule has 30 heavy (non-hydrogen) atoms. The minimum absolute atomic E-state index is 0.0537. The Morgan fingerprint density at radius 3 is 2.70 bits per heavy atom. The molecule has 1 N–H and O–H groups in total. The Labute approximate surface area is 176 Å². The van der Waals surface area contributed by atoms with Crippen LogP contribution in [-0.4, -0.2) is 47.4 Å². The number of fused-ring (bicyclic) bond motifs is 1. The molecule has 1 fully saturated rings. The summed E-state index contributed by atoms with van der Waals surface area (Å²) in [5, 5.41) is 2.96. The molecule has 1 atom stereocenters. The molecule has 0 aliphatic carbocycles. The van der Waals surface area contributed by atoms with E-state index in [-0.39, 0.29) is 11.8 Å². The summed E-state index contributed by atoms with van der Waals surface area (Å²) in [4.78, 5) is 17.6. The van der Waals surface area contributed by atoms with Crippen LogP contribution < -0.4 is 5.32 Å². The lowest BCUT2D eigenvalue weighted by Crippen LogP contribution is -2.38. The van der Waals surface area contributed by atoms with E-state index >= 15 is 0 Å². The second-order valence-electron chi connectivity index (χ2n) is 7.90. The Morgan fingerprint density at radius 1 is 1.20 bits per heavy atom. The molecule has 7 nitrogen and oxygen atoms in total. The SMILES string of the molecule is Cc1ccc(CNC(=O)c2nc(C3CCCN(S(C)(=O)=O)C3)n3ccccc23)cc1. The maximum atomic E-state index is 12.9. The average Bonchev–Trinajstić information content (AvgIpc) is 3.12. The van der Waals surface area contributed by atoms with Crippen LogP contribution >= 0.6 is 0 Å². The predicted octanol–water partition coefficient (Wildman–Crippen LogP) is 2.71. The number of benzene rings is 1. The summed E-state index contributed by atoms with van der Waals surface area (Å²) in [6, 6.07) is 13.7. The first-order valence-corrected chi connectivity index (χ1v) is 11.9. The summed E-state index contributed by atoms with van der Waals surface area (Å²) in [5.41, 5.74) is 3.29. The molecule has 8 heteroatoms. The molecule has 1 aliphatic rings. The number of rotatable bonds is 5. The number of carbonyl (C=O) groups excluding carboxylic acids is 1. The molecule has 3 heterocycles. The van der Waals surface area contributed by atoms with E-state index in [0.29, 0.717) is 25.3 Å². The quantitative estimate of drug-likeness (QED) is 0.680. The highest BCUT2D eigenvalue weighted by Crippen LogP contribution is 2.29. The summed E-state index contributed by atoms with van der Waals surface area (Å²) in [7, 11) is -3.25. The standard InChI is InChI=1S/C22H26N4O3S/c1-16-8-10-17(11-9-16)14-23-22(27)20-19-7-3-4-13-26(19)21(24-20)18-6-5-12-25(15-18)30(2,28)29/h3-4,7-11,13,18H,5-6,12,14-15H2,1-2H3,(H,23,27). The largest absolute Gasteiger partial charge is 0.347 e. The topological polar surface area (TPSA) is 83.8 Å². The van der Waals surface area contributed by atoms with Gasteiger partial charge in [-0.1, -0.05) is 35.9 Å². The van der Waals surface area contributed by atoms with Crippen molar-refractivity contribution in [2.75, 3.05) is 19.3 Å². The Balaban J connectivity index is 1.60. The lowest BCUT2D eigenvalue weighted by atomic mass is 9.99. The van der Waals surface area contributed by atoms with Gasteiger partial charge in [0.25, 0.3) is 5.91 Å². The van der Waals surface area contributed by atoms with Gasteiger partial charge in [0.1, 0.15) is 5.82 Å². The van der Waals surface area contributed by atoms with Gasteiger partial charge < -0.3 is 9.72 Å². The number of amides is 1. The minimum Gasteiger partial charge on any atom is -0.347 e. The summed E-state index contributed by atoms with van der Waals surface area (Å²) < 4.78 is 27.4. The molecule has 1 aliphatic heterocycles. The number of hydrogen-bond donors (Lipinski definition) is 1. The van der Waals surface area contributed by atoms with Crippen molar-refractivity contribution in [1.29, 1.82) is 0 Å². The van der Waals surface area contributed by atoms with Crippen LogP contribution in [0.5, 0.6) is 0 Å². The summed E-state index contributed by atoms with van der Waals surface area (Å²) in [5.74, 6) is 0.447. The predicted molar refractivity (Wildman–Crippen MR) is 116 cm³/mol. The molecule has 1 unspecified atom stereocenters. The number of aromatic nitrogens is 2. The van der Waals surface area contributed by atoms with Gasteiger partial charge in [0.15, 0.2) is 5.69 Å². The van der Waals surface area contributed by atoms with E-state index in [0.717, 1.165) is 29.7 Å². The van der Waals surface area contributed by atoms with Crippen molar-refractivity contribution in [3.8, 4) is 0 Å². The molecular formula is C22H26N4O3S. The van der Waals surface area contributed by atoms with E-state index in [2.05, 4.69) is 10.3 Å². The van der Waals surface area contributed by atoms with Gasteiger partial charge in [-0.2, -0.15) is 0 Å². The Morgan fingerprint density at radius 2 is 1.97 bits per heavy atom. The average molecular weight is 427 g/mol. The number of nitrogens with one attached hydrogen (secondary N) is 1. The van der Waals surface area contributed by atoms with Gasteiger partial charge in [0, 0.05) is 31.7 Å². The highest BCUT2D eigenvalue weighted by atomic mass is 32.2. The van der Waals surface area contributed by atoms with Crippen LogP contribution in [0.2, 0.25) is 0 Å². The highest BCUT2D eigenvalue weighted by Gasteiger charge is 2.30. The van der Waals surface area contributed by atoms with Gasteiger partial charge in [0.2, 0.25) is 10.0 Å². The monoisotopic (exact) mass is 426 g/mol. The first-order chi connectivity index (χ1) is 14.3. The van der Waals surface area contributed by atoms with Crippen molar-refractivity contribution in [1.82, 2.24) is 19.0 Å². The van der Waals surface area contributed by atoms with E-state index < -0.39 is 10.0 Å². The molecule has 4 rings (SSSR count). The van der Waals surface area contributed by atoms with Crippen LogP contribution in [0.25, 0.3) is 5.52 Å². The molecule has 0 saturated carbocycles. The molecule has 1 saturated heterocycles. The maximum Gasteiger partial charge on any atom is 0.272 e. The maximum absolute atomic E-state index is 12.9. The van der Waals surface area contributed by atoms with Crippen LogP contribution in [0.1, 0.15) is 46.2 Å². The number of imidazole rings is 1. The fourth-order valence-electron chi connectivity index (χ4n) is 3.94. The van der Waals surface area contributed by atoms with Crippen molar-refractivity contribution in [2.24, 2.45) is 0 Å². The van der Waals surface area contributed by atoms with Crippen molar-refractivity contribution in [3.63, 3.8) is 0 Å². The van der Waals surface area contributed by atoms with E-state index in [1.54, 1.807) is 0 Å². The molecule has 0 spiro atoms. The number of aryl methyl sites for hydroxylation is 1. The zero-order valence-corrected chi connectivity index (χ0v) is 18.0. The van der Waals surface area contributed by atoms with Gasteiger partial charge in [-0.3, -0.25) is 4.79 Å². The second-order valence-corrected chi connectivity index (χ2v) is 9.89. The van der Waals surface area contributed by atoms with E-state index in [9.17, 15) is 13.2 Å². The summed E-state index contributed by atoms with van der Waals surface area (Å²) in [6.45, 7) is 3.36. The molecule has 1 aromatic carbocycles. The number of sulfonamides is 1. The molecule has 158 valence electrons. The molecule has 3 aromatic rings. The number of hydrogen-bond acceptors (Lipinski definition) is 4. The fraction of sp³-hybridized carbons (Fsp3) is 0.364. The van der Waals surface area contributed by atoms with Crippen LogP contribution in [0.15, 0.2) is 48.7 Å². The van der Waals surface area contributed by atoms with E-state index in [4.69, 9.17) is 0 Å². The zero-order chi connectivity index (χ0) is 21.3. The van der Waals surface area contributed by atoms with Crippen molar-refractivity contribution < 1.29 is 13.2 Å². The zero-order valence-electron chi connectivity index (χ0n) is 17.2. The lowest BCUT2D eigenvalue weighted by Gasteiger charge is -2.30. The number of piperidine rings is 1. The van der Waals surface area contributed by atoms with Crippen LogP contribution in [-0.2, 0) is 16.6 Å². The van der Waals surface area contributed by atoms with E-state index in [1.165, 1.54) is 16.1 Å². The molecule has 0 radical (unpaired) electrons. The minimum atomic E-state index is -3.25. The first-order valence-electron chi connectivity index (χ1n) is 10.1. The smallest absolute Gasteiger partial charge is 0.272 e. The molecule has 0 bridgehead atoms. The Kier molecular flexibility index (Phi) is 5.62. The molecule has 2 aromatic heterocycles. The van der Waals surface area contributed by atoms with Crippen LogP contribution in [0.4, 0.5) is 0 Å². The Bertz CT molecular complexity index is 1170. The van der Waals surface area contributed by atoms with Gasteiger partial charge in [0.05, 0.1) is 11.8 Å². The summed E-state index contributed by atoms with van der Waals surface area (Å²) >= 11 is 0. The highest BCUT2D eigenvalue weighted by molar-refractivity contribution is 7.88. The fourth-order valence-corrected chi connectivity index (χ4v) is 4.85. The second kappa shape index (κ2) is 8.20. The van der Waals surface area contributed by atoms with Gasteiger partial charge in [-0.05, 0) is 37.5 Å². The van der Waals surface area contributed by atoms with Crippen LogP contribution in [0.3, 0.4) is 0 Å². The van der Waals surface area contributed by atoms with Crippen molar-refractivity contribution >= 4 is 21.4 Å². The van der Waals surface area contributed by atoms with Crippen molar-refractivity contribution in [2.45, 2.75) is 32.2 Å². The van der Waals surface area contributed by atoms with Gasteiger partial charge in [-0.25, -0.2) is 17.7 Å². The normalized spacial score (nSPS) is 17.9. The first kappa shape index (κ1) is 20.6. The third-order valence-electron chi connectivity index (χ3n) is 5.58. The van der Waals surface area contributed by atoms with E-state index in [1.807, 2.05) is 60.0 Å². The summed E-state index contributed by atoms with van der Waals surface area (Å²) in [6.07, 6.45) is 4.73. The number of pyridine rings is 1. The number of carbonyl (C=O) groups is 1. The molecular weight excluding hydrogens is 400 g/mol. The third kappa shape index (κ3) is 4.24. The van der Waals surface area contributed by atoms with Gasteiger partial charge >= 0.3 is 0 Å². The van der Waals surface area contributed by atoms with Crippen molar-refractivity contribution in [3.05, 3.63) is 71.3 Å². The molecule has 1 amide bonds. The number of nitrogens with zero attached hydrogens (tertiary/aromatic N) is 3. The van der Waals surface area contributed by atoms with Gasteiger partial charge in [-0.15, -0.1) is 0 Å².